The van der Waals surface area contributed by atoms with E-state index in [0.29, 0.717) is 17.6 Å². The molecule has 1 aromatic carbocycles. The van der Waals surface area contributed by atoms with Crippen LogP contribution >= 0.6 is 0 Å². The van der Waals surface area contributed by atoms with Gasteiger partial charge in [0.05, 0.1) is 11.6 Å². The predicted molar refractivity (Wildman–Crippen MR) is 62.5 cm³/mol. The summed E-state index contributed by atoms with van der Waals surface area (Å²) in [6, 6.07) is 9.60. The van der Waals surface area contributed by atoms with Crippen LogP contribution in [0, 0.1) is 11.3 Å². The predicted octanol–water partition coefficient (Wildman–Crippen LogP) is 2.72. The molecule has 0 fully saturated rings. The summed E-state index contributed by atoms with van der Waals surface area (Å²) >= 11 is 0. The minimum absolute atomic E-state index is 0.161. The standard InChI is InChI=1S/C13H12N2O/c1-2-5-9(8-14)12-10-6-3-4-7-11(10)15-13(12)16/h3-4,6-7H,2,5H2,1H3,(H,15,16)/b12-9-. The first-order valence-electron chi connectivity index (χ1n) is 5.32. The zero-order valence-corrected chi connectivity index (χ0v) is 9.08. The Bertz CT molecular complexity index is 509. The van der Waals surface area contributed by atoms with Gasteiger partial charge in [0.25, 0.3) is 5.91 Å². The van der Waals surface area contributed by atoms with Gasteiger partial charge in [0, 0.05) is 16.8 Å². The van der Waals surface area contributed by atoms with Crippen LogP contribution in [0.1, 0.15) is 25.3 Å². The number of carbonyl (C=O) groups excluding carboxylic acids is 1. The molecule has 1 heterocycles. The van der Waals surface area contributed by atoms with E-state index in [9.17, 15) is 4.79 Å². The highest BCUT2D eigenvalue weighted by molar-refractivity contribution is 6.32. The summed E-state index contributed by atoms with van der Waals surface area (Å²) in [6.45, 7) is 2.00. The highest BCUT2D eigenvalue weighted by atomic mass is 16.2. The first-order chi connectivity index (χ1) is 7.77. The van der Waals surface area contributed by atoms with Crippen molar-refractivity contribution >= 4 is 17.2 Å². The van der Waals surface area contributed by atoms with Crippen molar-refractivity contribution in [1.29, 1.82) is 5.26 Å². The van der Waals surface area contributed by atoms with Gasteiger partial charge in [-0.1, -0.05) is 31.5 Å². The second kappa shape index (κ2) is 4.19. The van der Waals surface area contributed by atoms with Gasteiger partial charge in [0.1, 0.15) is 0 Å². The van der Waals surface area contributed by atoms with Gasteiger partial charge in [-0.25, -0.2) is 0 Å². The van der Waals surface area contributed by atoms with Crippen molar-refractivity contribution < 1.29 is 4.79 Å². The zero-order valence-electron chi connectivity index (χ0n) is 9.08. The number of hydrogen-bond acceptors (Lipinski definition) is 2. The molecule has 0 unspecified atom stereocenters. The topological polar surface area (TPSA) is 52.9 Å². The number of allylic oxidation sites excluding steroid dienone is 1. The molecule has 2 rings (SSSR count). The zero-order chi connectivity index (χ0) is 11.5. The molecule has 3 heteroatoms. The largest absolute Gasteiger partial charge is 0.321 e. The van der Waals surface area contributed by atoms with Crippen LogP contribution in [0.3, 0.4) is 0 Å². The van der Waals surface area contributed by atoms with Gasteiger partial charge in [-0.2, -0.15) is 5.26 Å². The number of fused-ring (bicyclic) bond motifs is 1. The van der Waals surface area contributed by atoms with Gasteiger partial charge in [-0.15, -0.1) is 0 Å². The lowest BCUT2D eigenvalue weighted by molar-refractivity contribution is -0.110. The number of carbonyl (C=O) groups is 1. The summed E-state index contributed by atoms with van der Waals surface area (Å²) in [5.41, 5.74) is 2.76. The number of hydrogen-bond donors (Lipinski definition) is 1. The first kappa shape index (κ1) is 10.4. The van der Waals surface area contributed by atoms with Crippen molar-refractivity contribution in [2.45, 2.75) is 19.8 Å². The number of benzene rings is 1. The summed E-state index contributed by atoms with van der Waals surface area (Å²) in [5.74, 6) is -0.161. The van der Waals surface area contributed by atoms with Crippen molar-refractivity contribution in [1.82, 2.24) is 0 Å². The monoisotopic (exact) mass is 212 g/mol. The highest BCUT2D eigenvalue weighted by Crippen LogP contribution is 2.34. The Hall–Kier alpha value is -2.08. The Morgan fingerprint density at radius 1 is 1.44 bits per heavy atom. The van der Waals surface area contributed by atoms with Crippen molar-refractivity contribution in [2.24, 2.45) is 0 Å². The Morgan fingerprint density at radius 3 is 2.88 bits per heavy atom. The molecule has 1 aromatic rings. The molecule has 3 nitrogen and oxygen atoms in total. The molecule has 0 radical (unpaired) electrons. The third-order valence-electron chi connectivity index (χ3n) is 2.61. The smallest absolute Gasteiger partial charge is 0.257 e. The molecule has 1 amide bonds. The quantitative estimate of drug-likeness (QED) is 0.605. The van der Waals surface area contributed by atoms with E-state index >= 15 is 0 Å². The van der Waals surface area contributed by atoms with Crippen LogP contribution in [0.5, 0.6) is 0 Å². The van der Waals surface area contributed by atoms with Crippen LogP contribution in [-0.4, -0.2) is 5.91 Å². The number of amides is 1. The van der Waals surface area contributed by atoms with E-state index in [1.54, 1.807) is 0 Å². The average Bonchev–Trinajstić information content (AvgIpc) is 2.62. The van der Waals surface area contributed by atoms with Crippen molar-refractivity contribution in [3.8, 4) is 6.07 Å². The third-order valence-corrected chi connectivity index (χ3v) is 2.61. The second-order valence-corrected chi connectivity index (χ2v) is 3.72. The molecular formula is C13H12N2O. The van der Waals surface area contributed by atoms with Crippen LogP contribution in [0.25, 0.3) is 5.57 Å². The van der Waals surface area contributed by atoms with E-state index in [0.717, 1.165) is 17.7 Å². The van der Waals surface area contributed by atoms with Crippen LogP contribution in [-0.2, 0) is 4.79 Å². The van der Waals surface area contributed by atoms with Crippen LogP contribution in [0.2, 0.25) is 0 Å². The molecule has 0 spiro atoms. The number of nitrogens with one attached hydrogen (secondary N) is 1. The highest BCUT2D eigenvalue weighted by Gasteiger charge is 2.26. The molecule has 0 saturated carbocycles. The minimum atomic E-state index is -0.161. The van der Waals surface area contributed by atoms with Crippen molar-refractivity contribution in [3.63, 3.8) is 0 Å². The van der Waals surface area contributed by atoms with Gasteiger partial charge < -0.3 is 5.32 Å². The maximum atomic E-state index is 11.8. The van der Waals surface area contributed by atoms with E-state index in [2.05, 4.69) is 11.4 Å². The normalized spacial score (nSPS) is 16.4. The number of anilines is 1. The van der Waals surface area contributed by atoms with Gasteiger partial charge >= 0.3 is 0 Å². The minimum Gasteiger partial charge on any atom is -0.321 e. The number of nitrogens with zero attached hydrogens (tertiary/aromatic N) is 1. The molecule has 1 aliphatic heterocycles. The van der Waals surface area contributed by atoms with E-state index in [1.165, 1.54) is 0 Å². The molecule has 1 N–H and O–H groups in total. The Balaban J connectivity index is 2.58. The molecule has 0 bridgehead atoms. The SMILES string of the molecule is CCC/C(C#N)=C1/C(=O)Nc2ccccc21. The van der Waals surface area contributed by atoms with Gasteiger partial charge in [-0.3, -0.25) is 4.79 Å². The molecular weight excluding hydrogens is 200 g/mol. The Labute approximate surface area is 94.4 Å². The number of para-hydroxylation sites is 1. The van der Waals surface area contributed by atoms with E-state index in [1.807, 2.05) is 31.2 Å². The Kier molecular flexibility index (Phi) is 2.74. The lowest BCUT2D eigenvalue weighted by atomic mass is 9.99. The van der Waals surface area contributed by atoms with Crippen LogP contribution in [0.15, 0.2) is 29.8 Å². The fourth-order valence-electron chi connectivity index (χ4n) is 1.90. The summed E-state index contributed by atoms with van der Waals surface area (Å²) < 4.78 is 0. The summed E-state index contributed by atoms with van der Waals surface area (Å²) in [5, 5.41) is 11.8. The summed E-state index contributed by atoms with van der Waals surface area (Å²) in [4.78, 5) is 11.8. The van der Waals surface area contributed by atoms with E-state index in [-0.39, 0.29) is 5.91 Å². The fraction of sp³-hybridized carbons (Fsp3) is 0.231. The van der Waals surface area contributed by atoms with Crippen LogP contribution in [0.4, 0.5) is 5.69 Å². The molecule has 0 aromatic heterocycles. The molecule has 0 atom stereocenters. The summed E-state index contributed by atoms with van der Waals surface area (Å²) in [6.07, 6.45) is 1.51. The number of nitriles is 1. The molecule has 0 saturated heterocycles. The van der Waals surface area contributed by atoms with Crippen molar-refractivity contribution in [2.75, 3.05) is 5.32 Å². The molecule has 1 aliphatic rings. The molecule has 80 valence electrons. The third kappa shape index (κ3) is 1.59. The summed E-state index contributed by atoms with van der Waals surface area (Å²) in [7, 11) is 0. The molecule has 16 heavy (non-hydrogen) atoms. The second-order valence-electron chi connectivity index (χ2n) is 3.72. The van der Waals surface area contributed by atoms with Crippen molar-refractivity contribution in [3.05, 3.63) is 35.4 Å². The van der Waals surface area contributed by atoms with E-state index in [4.69, 9.17) is 5.26 Å². The lowest BCUT2D eigenvalue weighted by Gasteiger charge is -2.00. The lowest BCUT2D eigenvalue weighted by Crippen LogP contribution is -2.05. The van der Waals surface area contributed by atoms with Gasteiger partial charge in [-0.05, 0) is 12.5 Å². The fourth-order valence-corrected chi connectivity index (χ4v) is 1.90. The maximum Gasteiger partial charge on any atom is 0.257 e. The molecule has 0 aliphatic carbocycles. The number of rotatable bonds is 2. The average molecular weight is 212 g/mol. The van der Waals surface area contributed by atoms with E-state index < -0.39 is 0 Å². The first-order valence-corrected chi connectivity index (χ1v) is 5.32. The van der Waals surface area contributed by atoms with Crippen LogP contribution < -0.4 is 5.32 Å². The maximum absolute atomic E-state index is 11.8. The van der Waals surface area contributed by atoms with Gasteiger partial charge in [0.15, 0.2) is 0 Å². The van der Waals surface area contributed by atoms with Gasteiger partial charge in [0.2, 0.25) is 0 Å². The Morgan fingerprint density at radius 2 is 2.19 bits per heavy atom.